The molecule has 5 heteroatoms. The maximum absolute atomic E-state index is 10.7. The molecule has 0 unspecified atom stereocenters. The molecule has 0 aliphatic rings. The van der Waals surface area contributed by atoms with Gasteiger partial charge in [-0.2, -0.15) is 11.8 Å². The summed E-state index contributed by atoms with van der Waals surface area (Å²) in [6, 6.07) is 3.53. The van der Waals surface area contributed by atoms with E-state index in [1.165, 1.54) is 7.11 Å². The Morgan fingerprint density at radius 3 is 3.00 bits per heavy atom. The van der Waals surface area contributed by atoms with Crippen LogP contribution in [0.5, 0.6) is 0 Å². The predicted molar refractivity (Wildman–Crippen MR) is 56.5 cm³/mol. The van der Waals surface area contributed by atoms with Gasteiger partial charge < -0.3 is 9.15 Å². The van der Waals surface area contributed by atoms with Gasteiger partial charge in [0.2, 0.25) is 0 Å². The summed E-state index contributed by atoms with van der Waals surface area (Å²) >= 11 is 7.21. The van der Waals surface area contributed by atoms with E-state index >= 15 is 0 Å². The Morgan fingerprint density at radius 1 is 1.64 bits per heavy atom. The van der Waals surface area contributed by atoms with Crippen LogP contribution in [-0.4, -0.2) is 18.8 Å². The largest absolute Gasteiger partial charge is 0.469 e. The summed E-state index contributed by atoms with van der Waals surface area (Å²) in [7, 11) is 1.39. The third-order valence-corrected chi connectivity index (χ3v) is 2.74. The first-order chi connectivity index (χ1) is 6.72. The van der Waals surface area contributed by atoms with Crippen molar-refractivity contribution in [3.63, 3.8) is 0 Å². The van der Waals surface area contributed by atoms with E-state index in [1.807, 2.05) is 6.07 Å². The van der Waals surface area contributed by atoms with Crippen molar-refractivity contribution < 1.29 is 13.9 Å². The minimum Gasteiger partial charge on any atom is -0.469 e. The Hall–Kier alpha value is -0.610. The van der Waals surface area contributed by atoms with Crippen molar-refractivity contribution in [3.8, 4) is 0 Å². The van der Waals surface area contributed by atoms with Crippen molar-refractivity contribution in [2.45, 2.75) is 12.2 Å². The van der Waals surface area contributed by atoms with Crippen LogP contribution in [0.3, 0.4) is 0 Å². The molecule has 0 N–H and O–H groups in total. The van der Waals surface area contributed by atoms with E-state index in [0.29, 0.717) is 11.6 Å². The van der Waals surface area contributed by atoms with Crippen molar-refractivity contribution in [3.05, 3.63) is 23.1 Å². The molecule has 1 rings (SSSR count). The van der Waals surface area contributed by atoms with Gasteiger partial charge in [0.1, 0.15) is 5.76 Å². The highest BCUT2D eigenvalue weighted by Crippen LogP contribution is 2.18. The third-order valence-electron chi connectivity index (χ3n) is 1.55. The van der Waals surface area contributed by atoms with Gasteiger partial charge in [-0.1, -0.05) is 0 Å². The van der Waals surface area contributed by atoms with E-state index < -0.39 is 0 Å². The molecule has 3 nitrogen and oxygen atoms in total. The van der Waals surface area contributed by atoms with Crippen molar-refractivity contribution in [1.82, 2.24) is 0 Å². The fourth-order valence-electron chi connectivity index (χ4n) is 0.860. The quantitative estimate of drug-likeness (QED) is 0.580. The molecule has 0 atom stereocenters. The molecule has 78 valence electrons. The molecule has 0 amide bonds. The number of esters is 1. The van der Waals surface area contributed by atoms with Crippen molar-refractivity contribution in [2.75, 3.05) is 12.9 Å². The number of ether oxygens (including phenoxy) is 1. The van der Waals surface area contributed by atoms with Crippen LogP contribution >= 0.6 is 23.4 Å². The summed E-state index contributed by atoms with van der Waals surface area (Å²) < 4.78 is 9.66. The standard InChI is InChI=1S/C9H11ClO3S/c1-12-9(11)4-5-14-6-7-2-3-8(10)13-7/h2-3H,4-6H2,1H3. The summed E-state index contributed by atoms with van der Waals surface area (Å²) in [6.07, 6.45) is 0.426. The average Bonchev–Trinajstić information content (AvgIpc) is 2.58. The Kier molecular flexibility index (Phi) is 4.90. The lowest BCUT2D eigenvalue weighted by Gasteiger charge is -1.98. The van der Waals surface area contributed by atoms with E-state index in [0.717, 1.165) is 17.3 Å². The predicted octanol–water partition coefficient (Wildman–Crippen LogP) is 2.73. The van der Waals surface area contributed by atoms with E-state index in [-0.39, 0.29) is 5.97 Å². The second kappa shape index (κ2) is 5.98. The normalized spacial score (nSPS) is 10.1. The maximum atomic E-state index is 10.7. The number of hydrogen-bond acceptors (Lipinski definition) is 4. The molecule has 0 spiro atoms. The zero-order valence-corrected chi connectivity index (χ0v) is 9.36. The Bertz CT molecular complexity index is 298. The van der Waals surface area contributed by atoms with Crippen molar-refractivity contribution in [2.24, 2.45) is 0 Å². The van der Waals surface area contributed by atoms with Crippen LogP contribution < -0.4 is 0 Å². The molecule has 0 aromatic carbocycles. The molecule has 0 saturated carbocycles. The average molecular weight is 235 g/mol. The molecule has 0 aliphatic carbocycles. The number of thioether (sulfide) groups is 1. The monoisotopic (exact) mass is 234 g/mol. The first-order valence-electron chi connectivity index (χ1n) is 4.11. The lowest BCUT2D eigenvalue weighted by Crippen LogP contribution is -2.01. The molecule has 0 fully saturated rings. The minimum absolute atomic E-state index is 0.185. The third kappa shape index (κ3) is 4.07. The molecule has 0 aliphatic heterocycles. The Morgan fingerprint density at radius 2 is 2.43 bits per heavy atom. The van der Waals surface area contributed by atoms with Crippen LogP contribution in [0.25, 0.3) is 0 Å². The van der Waals surface area contributed by atoms with Gasteiger partial charge in [-0.3, -0.25) is 4.79 Å². The number of halogens is 1. The topological polar surface area (TPSA) is 39.4 Å². The highest BCUT2D eigenvalue weighted by Gasteiger charge is 2.02. The smallest absolute Gasteiger partial charge is 0.306 e. The molecular weight excluding hydrogens is 224 g/mol. The summed E-state index contributed by atoms with van der Waals surface area (Å²) in [6.45, 7) is 0. The van der Waals surface area contributed by atoms with Crippen LogP contribution in [0.15, 0.2) is 16.5 Å². The summed E-state index contributed by atoms with van der Waals surface area (Å²) in [5.41, 5.74) is 0. The highest BCUT2D eigenvalue weighted by molar-refractivity contribution is 7.98. The summed E-state index contributed by atoms with van der Waals surface area (Å²) in [4.78, 5) is 10.7. The van der Waals surface area contributed by atoms with Gasteiger partial charge in [0, 0.05) is 5.75 Å². The first kappa shape index (κ1) is 11.5. The molecule has 0 saturated heterocycles. The fourth-order valence-corrected chi connectivity index (χ4v) is 1.83. The van der Waals surface area contributed by atoms with E-state index in [1.54, 1.807) is 17.8 Å². The number of furan rings is 1. The Balaban J connectivity index is 2.13. The number of carbonyl (C=O) groups excluding carboxylic acids is 1. The maximum Gasteiger partial charge on any atom is 0.306 e. The summed E-state index contributed by atoms with van der Waals surface area (Å²) in [5.74, 6) is 2.09. The number of hydrogen-bond donors (Lipinski definition) is 0. The molecule has 1 aromatic rings. The lowest BCUT2D eigenvalue weighted by molar-refractivity contribution is -0.140. The van der Waals surface area contributed by atoms with Gasteiger partial charge in [-0.25, -0.2) is 0 Å². The molecule has 1 heterocycles. The van der Waals surface area contributed by atoms with Gasteiger partial charge in [0.05, 0.1) is 19.3 Å². The van der Waals surface area contributed by atoms with Gasteiger partial charge in [-0.15, -0.1) is 0 Å². The van der Waals surface area contributed by atoms with Crippen LogP contribution in [0, 0.1) is 0 Å². The van der Waals surface area contributed by atoms with E-state index in [9.17, 15) is 4.79 Å². The molecule has 14 heavy (non-hydrogen) atoms. The minimum atomic E-state index is -0.185. The second-order valence-electron chi connectivity index (χ2n) is 2.58. The fraction of sp³-hybridized carbons (Fsp3) is 0.444. The lowest BCUT2D eigenvalue weighted by atomic mass is 10.5. The first-order valence-corrected chi connectivity index (χ1v) is 5.64. The second-order valence-corrected chi connectivity index (χ2v) is 4.06. The van der Waals surface area contributed by atoms with Gasteiger partial charge >= 0.3 is 5.97 Å². The van der Waals surface area contributed by atoms with Gasteiger partial charge in [0.25, 0.3) is 0 Å². The highest BCUT2D eigenvalue weighted by atomic mass is 35.5. The molecular formula is C9H11ClO3S. The molecule has 1 aromatic heterocycles. The van der Waals surface area contributed by atoms with Crippen molar-refractivity contribution in [1.29, 1.82) is 0 Å². The van der Waals surface area contributed by atoms with Gasteiger partial charge in [0.15, 0.2) is 5.22 Å². The molecule has 0 radical (unpaired) electrons. The number of rotatable bonds is 5. The summed E-state index contributed by atoms with van der Waals surface area (Å²) in [5, 5.41) is 0.397. The SMILES string of the molecule is COC(=O)CCSCc1ccc(Cl)o1. The van der Waals surface area contributed by atoms with E-state index in [2.05, 4.69) is 4.74 Å². The van der Waals surface area contributed by atoms with Crippen LogP contribution in [-0.2, 0) is 15.3 Å². The Labute approximate surface area is 91.8 Å². The number of methoxy groups -OCH3 is 1. The zero-order chi connectivity index (χ0) is 10.4. The number of carbonyl (C=O) groups is 1. The van der Waals surface area contributed by atoms with Crippen LogP contribution in [0.2, 0.25) is 5.22 Å². The van der Waals surface area contributed by atoms with Gasteiger partial charge in [-0.05, 0) is 23.7 Å². The van der Waals surface area contributed by atoms with Crippen molar-refractivity contribution >= 4 is 29.3 Å². The van der Waals surface area contributed by atoms with Crippen LogP contribution in [0.4, 0.5) is 0 Å². The molecule has 0 bridgehead atoms. The van der Waals surface area contributed by atoms with Crippen LogP contribution in [0.1, 0.15) is 12.2 Å². The zero-order valence-electron chi connectivity index (χ0n) is 7.79. The van der Waals surface area contributed by atoms with E-state index in [4.69, 9.17) is 16.0 Å².